The van der Waals surface area contributed by atoms with Gasteiger partial charge < -0.3 is 9.30 Å². The molecule has 202 valence electrons. The highest BCUT2D eigenvalue weighted by molar-refractivity contribution is 5.57. The van der Waals surface area contributed by atoms with Gasteiger partial charge in [0.05, 0.1) is 5.69 Å². The second kappa shape index (κ2) is 13.6. The number of hydrogen-bond acceptors (Lipinski definition) is 3. The Morgan fingerprint density at radius 1 is 0.892 bits per heavy atom. The molecule has 0 aliphatic carbocycles. The zero-order valence-electron chi connectivity index (χ0n) is 21.3. The van der Waals surface area contributed by atoms with E-state index in [1.165, 1.54) is 12.1 Å². The zero-order chi connectivity index (χ0) is 26.8. The van der Waals surface area contributed by atoms with Gasteiger partial charge in [-0.2, -0.15) is 22.0 Å². The van der Waals surface area contributed by atoms with E-state index in [0.29, 0.717) is 31.0 Å². The van der Waals surface area contributed by atoms with Crippen molar-refractivity contribution in [2.45, 2.75) is 78.4 Å². The van der Waals surface area contributed by atoms with Gasteiger partial charge in [0.2, 0.25) is 0 Å². The van der Waals surface area contributed by atoms with Crippen molar-refractivity contribution in [3.8, 4) is 17.1 Å². The molecule has 0 bridgehead atoms. The molecule has 0 N–H and O–H groups in total. The van der Waals surface area contributed by atoms with Crippen LogP contribution in [0.1, 0.15) is 62.9 Å². The second-order valence-electron chi connectivity index (χ2n) is 9.04. The third-order valence-corrected chi connectivity index (χ3v) is 6.11. The van der Waals surface area contributed by atoms with Crippen LogP contribution in [0.15, 0.2) is 54.6 Å². The summed E-state index contributed by atoms with van der Waals surface area (Å²) in [5.74, 6) is 0.360. The topological polar surface area (TPSA) is 30.3 Å². The van der Waals surface area contributed by atoms with E-state index in [0.717, 1.165) is 37.7 Å². The van der Waals surface area contributed by atoms with Crippen LogP contribution in [0, 0.1) is 0 Å². The molecule has 1 aromatic heterocycles. The molecule has 9 heteroatoms. The number of rotatable bonds is 14. The maximum atomic E-state index is 14.2. The number of halogens is 5. The van der Waals surface area contributed by atoms with Gasteiger partial charge in [-0.05, 0) is 37.1 Å². The zero-order valence-corrected chi connectivity index (χ0v) is 21.3. The van der Waals surface area contributed by atoms with Gasteiger partial charge in [-0.3, -0.25) is 4.90 Å². The van der Waals surface area contributed by atoms with Gasteiger partial charge in [-0.15, -0.1) is 0 Å². The van der Waals surface area contributed by atoms with E-state index in [-0.39, 0.29) is 18.0 Å². The monoisotopic (exact) mass is 523 g/mol. The highest BCUT2D eigenvalue weighted by atomic mass is 19.4. The quantitative estimate of drug-likeness (QED) is 0.158. The fourth-order valence-corrected chi connectivity index (χ4v) is 4.28. The Labute approximate surface area is 215 Å². The molecule has 3 rings (SSSR count). The van der Waals surface area contributed by atoms with Crippen molar-refractivity contribution in [1.82, 2.24) is 14.5 Å². The molecule has 0 saturated heterocycles. The van der Waals surface area contributed by atoms with Crippen LogP contribution in [0.2, 0.25) is 0 Å². The maximum absolute atomic E-state index is 14.2. The molecule has 37 heavy (non-hydrogen) atoms. The molecule has 0 saturated carbocycles. The lowest BCUT2D eigenvalue weighted by atomic mass is 10.1. The minimum Gasteiger partial charge on any atom is -0.435 e. The van der Waals surface area contributed by atoms with Gasteiger partial charge in [0.1, 0.15) is 11.6 Å². The summed E-state index contributed by atoms with van der Waals surface area (Å²) in [4.78, 5) is 6.10. The number of nitrogens with zero attached hydrogens (tertiary/aromatic N) is 3. The third-order valence-electron chi connectivity index (χ3n) is 6.11. The first-order valence-corrected chi connectivity index (χ1v) is 12.7. The fourth-order valence-electron chi connectivity index (χ4n) is 4.28. The Hall–Kier alpha value is -2.94. The minimum atomic E-state index is -4.60. The first kappa shape index (κ1) is 28.6. The van der Waals surface area contributed by atoms with Crippen molar-refractivity contribution in [3.05, 3.63) is 71.5 Å². The van der Waals surface area contributed by atoms with E-state index in [1.54, 1.807) is 41.0 Å². The molecular weight excluding hydrogens is 489 g/mol. The Morgan fingerprint density at radius 2 is 1.57 bits per heavy atom. The van der Waals surface area contributed by atoms with E-state index in [1.807, 2.05) is 17.9 Å². The first-order valence-electron chi connectivity index (χ1n) is 12.7. The van der Waals surface area contributed by atoms with Gasteiger partial charge >= 0.3 is 12.8 Å². The molecule has 0 radical (unpaired) electrons. The first-order chi connectivity index (χ1) is 17.7. The Kier molecular flexibility index (Phi) is 10.5. The maximum Gasteiger partial charge on any atom is 0.435 e. The van der Waals surface area contributed by atoms with E-state index in [2.05, 4.69) is 16.6 Å². The molecule has 0 aliphatic rings. The normalized spacial score (nSPS) is 12.0. The lowest BCUT2D eigenvalue weighted by molar-refractivity contribution is -0.141. The Bertz CT molecular complexity index is 1080. The average Bonchev–Trinajstić information content (AvgIpc) is 3.22. The van der Waals surface area contributed by atoms with Gasteiger partial charge in [0, 0.05) is 25.2 Å². The van der Waals surface area contributed by atoms with Crippen LogP contribution in [0.25, 0.3) is 11.4 Å². The van der Waals surface area contributed by atoms with Crippen LogP contribution in [0.3, 0.4) is 0 Å². The van der Waals surface area contributed by atoms with Crippen LogP contribution in [-0.2, 0) is 25.8 Å². The summed E-state index contributed by atoms with van der Waals surface area (Å²) in [6.45, 7) is 2.62. The Morgan fingerprint density at radius 3 is 2.16 bits per heavy atom. The lowest BCUT2D eigenvalue weighted by Gasteiger charge is -2.24. The van der Waals surface area contributed by atoms with Crippen molar-refractivity contribution in [1.29, 1.82) is 0 Å². The number of benzene rings is 2. The highest BCUT2D eigenvalue weighted by Gasteiger charge is 2.39. The van der Waals surface area contributed by atoms with Crippen LogP contribution in [0.4, 0.5) is 22.0 Å². The molecule has 0 spiro atoms. The molecule has 4 nitrogen and oxygen atoms in total. The molecule has 1 heterocycles. The van der Waals surface area contributed by atoms with Crippen LogP contribution < -0.4 is 4.74 Å². The predicted molar refractivity (Wildman–Crippen MR) is 134 cm³/mol. The van der Waals surface area contributed by atoms with Gasteiger partial charge in [0.25, 0.3) is 0 Å². The van der Waals surface area contributed by atoms with Crippen molar-refractivity contribution < 1.29 is 26.7 Å². The number of aromatic nitrogens is 2. The summed E-state index contributed by atoms with van der Waals surface area (Å²) < 4.78 is 73.9. The van der Waals surface area contributed by atoms with Crippen molar-refractivity contribution in [3.63, 3.8) is 0 Å². The van der Waals surface area contributed by atoms with E-state index in [9.17, 15) is 22.0 Å². The van der Waals surface area contributed by atoms with Crippen molar-refractivity contribution >= 4 is 0 Å². The summed E-state index contributed by atoms with van der Waals surface area (Å²) >= 11 is 0. The van der Waals surface area contributed by atoms with Crippen molar-refractivity contribution in [2.24, 2.45) is 0 Å². The number of imidazole rings is 1. The standard InChI is InChI=1S/C28H34F5N3O/c1-3-5-10-17-35(19-21-13-15-23(16-14-21)37-27(29)30)20-24-25(28(31,32)33)34-26(36(24)18-6-4-2)22-11-8-7-9-12-22/h7-9,11-16,27H,3-6,10,17-20H2,1-2H3. The van der Waals surface area contributed by atoms with E-state index < -0.39 is 18.5 Å². The molecule has 3 aromatic rings. The van der Waals surface area contributed by atoms with Crippen LogP contribution in [0.5, 0.6) is 5.75 Å². The lowest BCUT2D eigenvalue weighted by Crippen LogP contribution is -2.27. The minimum absolute atomic E-state index is 0.0424. The fraction of sp³-hybridized carbons (Fsp3) is 0.464. The highest BCUT2D eigenvalue weighted by Crippen LogP contribution is 2.36. The summed E-state index contributed by atoms with van der Waals surface area (Å²) in [5, 5.41) is 0. The van der Waals surface area contributed by atoms with E-state index in [4.69, 9.17) is 0 Å². The predicted octanol–water partition coefficient (Wildman–Crippen LogP) is 8.16. The number of ether oxygens (including phenoxy) is 1. The number of unbranched alkanes of at least 4 members (excludes halogenated alkanes) is 3. The Balaban J connectivity index is 1.98. The molecule has 0 fully saturated rings. The summed E-state index contributed by atoms with van der Waals surface area (Å²) in [6, 6.07) is 15.2. The van der Waals surface area contributed by atoms with E-state index >= 15 is 0 Å². The summed E-state index contributed by atoms with van der Waals surface area (Å²) in [5.41, 5.74) is 0.731. The van der Waals surface area contributed by atoms with Gasteiger partial charge in [-0.1, -0.05) is 75.6 Å². The molecule has 0 aliphatic heterocycles. The average molecular weight is 524 g/mol. The molecule has 0 unspecified atom stereocenters. The summed E-state index contributed by atoms with van der Waals surface area (Å²) in [7, 11) is 0. The molecular formula is C28H34F5N3O. The largest absolute Gasteiger partial charge is 0.435 e. The molecule has 0 amide bonds. The van der Waals surface area contributed by atoms with Gasteiger partial charge in [0.15, 0.2) is 5.69 Å². The molecule has 0 atom stereocenters. The number of hydrogen-bond donors (Lipinski definition) is 0. The van der Waals surface area contributed by atoms with Crippen LogP contribution >= 0.6 is 0 Å². The number of alkyl halides is 5. The second-order valence-corrected chi connectivity index (χ2v) is 9.04. The third kappa shape index (κ3) is 8.28. The van der Waals surface area contributed by atoms with Crippen LogP contribution in [-0.4, -0.2) is 27.6 Å². The smallest absolute Gasteiger partial charge is 0.435 e. The van der Waals surface area contributed by atoms with Crippen molar-refractivity contribution in [2.75, 3.05) is 6.54 Å². The SMILES string of the molecule is CCCCCN(Cc1ccc(OC(F)F)cc1)Cc1c(C(F)(F)F)nc(-c2ccccc2)n1CCCC. The summed E-state index contributed by atoms with van der Waals surface area (Å²) in [6.07, 6.45) is -0.275. The van der Waals surface area contributed by atoms with Gasteiger partial charge in [-0.25, -0.2) is 4.98 Å². The molecule has 2 aromatic carbocycles.